The Balaban J connectivity index is 0.998. The van der Waals surface area contributed by atoms with Gasteiger partial charge in [0.1, 0.15) is 11.1 Å². The average Bonchev–Trinajstić information content (AvgIpc) is 3.40. The molecule has 2 aromatic rings. The van der Waals surface area contributed by atoms with E-state index < -0.39 is 39.3 Å². The Labute approximate surface area is 285 Å². The Morgan fingerprint density at radius 3 is 2.60 bits per heavy atom. The molecule has 4 N–H and O–H groups in total. The number of nitrogens with one attached hydrogen (secondary N) is 2. The standard InChI is InChI=1S/C34H45N5O7S2/c1-39(16-7-3-2-4-8-22-11-12-23(18-22)32(42)38-48(44,45)26-13-14-26)30(40)20-24-19-25(21-28(24)31(35)41)46-34(43)37-29-10-6-5-9-27(29)33-36-15-17-47-33/h4-6,8-10,15,17,22-26,28H,2-3,7,11-14,16,18-21H2,1H3,(H2,35,41)(H,37,43)(H,38,42)/b8-4-/t22-,23?,24-,25-,28+/m0/s1. The van der Waals surface area contributed by atoms with E-state index in [-0.39, 0.29) is 42.4 Å². The maximum absolute atomic E-state index is 13.1. The van der Waals surface area contributed by atoms with Crippen molar-refractivity contribution in [3.8, 4) is 10.6 Å². The predicted octanol–water partition coefficient (Wildman–Crippen LogP) is 4.84. The normalized spacial score (nSPS) is 24.0. The lowest BCUT2D eigenvalue weighted by Crippen LogP contribution is -2.36. The summed E-state index contributed by atoms with van der Waals surface area (Å²) < 4.78 is 32.1. The third-order valence-electron chi connectivity index (χ3n) is 9.55. The van der Waals surface area contributed by atoms with Crippen LogP contribution in [0, 0.1) is 23.7 Å². The lowest BCUT2D eigenvalue weighted by atomic mass is 9.92. The minimum Gasteiger partial charge on any atom is -0.446 e. The SMILES string of the molecule is CN(CCCC/C=C\[C@H]1CCC(C(=O)NS(=O)(=O)C2CC2)C1)C(=O)C[C@@H]1C[C@H](OC(=O)Nc2ccccc2-c2nccs2)C[C@H]1C(N)=O. The quantitative estimate of drug-likeness (QED) is 0.175. The summed E-state index contributed by atoms with van der Waals surface area (Å²) >= 11 is 1.46. The Morgan fingerprint density at radius 1 is 1.08 bits per heavy atom. The molecule has 3 saturated carbocycles. The number of para-hydroxylation sites is 1. The topological polar surface area (TPSA) is 178 Å². The second-order valence-corrected chi connectivity index (χ2v) is 16.1. The largest absolute Gasteiger partial charge is 0.446 e. The van der Waals surface area contributed by atoms with Gasteiger partial charge in [-0.25, -0.2) is 18.2 Å². The van der Waals surface area contributed by atoms with Crippen LogP contribution in [0.5, 0.6) is 0 Å². The van der Waals surface area contributed by atoms with Gasteiger partial charge in [0.2, 0.25) is 27.7 Å². The number of aromatic nitrogens is 1. The van der Waals surface area contributed by atoms with E-state index in [0.717, 1.165) is 36.3 Å². The van der Waals surface area contributed by atoms with E-state index in [9.17, 15) is 27.6 Å². The first-order chi connectivity index (χ1) is 23.0. The smallest absolute Gasteiger partial charge is 0.411 e. The molecule has 14 heteroatoms. The summed E-state index contributed by atoms with van der Waals surface area (Å²) in [6.45, 7) is 0.572. The molecule has 0 bridgehead atoms. The fourth-order valence-corrected chi connectivity index (χ4v) is 8.74. The molecule has 0 saturated heterocycles. The fraction of sp³-hybridized carbons (Fsp3) is 0.559. The minimum absolute atomic E-state index is 0.0803. The molecule has 260 valence electrons. The van der Waals surface area contributed by atoms with Gasteiger partial charge in [0.05, 0.1) is 10.9 Å². The maximum atomic E-state index is 13.1. The molecule has 4 amide bonds. The van der Waals surface area contributed by atoms with Crippen LogP contribution in [0.1, 0.15) is 70.6 Å². The minimum atomic E-state index is -3.51. The molecule has 3 aliphatic carbocycles. The summed E-state index contributed by atoms with van der Waals surface area (Å²) in [7, 11) is -1.76. The second-order valence-electron chi connectivity index (χ2n) is 13.2. The molecule has 5 rings (SSSR count). The van der Waals surface area contributed by atoms with E-state index in [4.69, 9.17) is 10.5 Å². The van der Waals surface area contributed by atoms with Gasteiger partial charge in [0, 0.05) is 49.0 Å². The van der Waals surface area contributed by atoms with Gasteiger partial charge in [-0.15, -0.1) is 11.3 Å². The lowest BCUT2D eigenvalue weighted by Gasteiger charge is -2.21. The molecule has 12 nitrogen and oxygen atoms in total. The Hall–Kier alpha value is -3.78. The van der Waals surface area contributed by atoms with Crippen molar-refractivity contribution in [2.75, 3.05) is 18.9 Å². The number of ether oxygens (including phenoxy) is 1. The molecule has 1 aromatic heterocycles. The highest BCUT2D eigenvalue weighted by Crippen LogP contribution is 2.37. The number of nitrogens with zero attached hydrogens (tertiary/aromatic N) is 2. The van der Waals surface area contributed by atoms with Gasteiger partial charge in [0.25, 0.3) is 0 Å². The molecule has 0 radical (unpaired) electrons. The number of thiazole rings is 1. The van der Waals surface area contributed by atoms with Crippen LogP contribution in [0.4, 0.5) is 10.5 Å². The molecule has 0 aliphatic heterocycles. The third-order valence-corrected chi connectivity index (χ3v) is 12.2. The van der Waals surface area contributed by atoms with Crippen molar-refractivity contribution < 1.29 is 32.3 Å². The average molecular weight is 700 g/mol. The van der Waals surface area contributed by atoms with Crippen molar-refractivity contribution in [1.82, 2.24) is 14.6 Å². The number of anilines is 1. The van der Waals surface area contributed by atoms with Crippen molar-refractivity contribution in [3.05, 3.63) is 48.0 Å². The summed E-state index contributed by atoms with van der Waals surface area (Å²) in [5.41, 5.74) is 7.04. The van der Waals surface area contributed by atoms with Gasteiger partial charge in [-0.3, -0.25) is 24.4 Å². The summed E-state index contributed by atoms with van der Waals surface area (Å²) in [4.78, 5) is 56.5. The van der Waals surface area contributed by atoms with Crippen molar-refractivity contribution in [3.63, 3.8) is 0 Å². The number of amides is 4. The Bertz CT molecular complexity index is 1590. The van der Waals surface area contributed by atoms with Gasteiger partial charge in [0.15, 0.2) is 0 Å². The summed E-state index contributed by atoms with van der Waals surface area (Å²) in [6, 6.07) is 7.31. The molecule has 1 heterocycles. The van der Waals surface area contributed by atoms with Gasteiger partial charge in [-0.05, 0) is 88.2 Å². The van der Waals surface area contributed by atoms with Crippen molar-refractivity contribution in [2.24, 2.45) is 29.4 Å². The molecule has 3 fully saturated rings. The number of hydrogen-bond donors (Lipinski definition) is 3. The predicted molar refractivity (Wildman–Crippen MR) is 183 cm³/mol. The Kier molecular flexibility index (Phi) is 11.9. The van der Waals surface area contributed by atoms with E-state index in [1.807, 2.05) is 23.6 Å². The van der Waals surface area contributed by atoms with Crippen LogP contribution in [0.2, 0.25) is 0 Å². The number of sulfonamides is 1. The highest BCUT2D eigenvalue weighted by molar-refractivity contribution is 7.90. The van der Waals surface area contributed by atoms with Crippen LogP contribution in [0.15, 0.2) is 48.0 Å². The van der Waals surface area contributed by atoms with Gasteiger partial charge in [-0.1, -0.05) is 24.3 Å². The second kappa shape index (κ2) is 16.1. The van der Waals surface area contributed by atoms with E-state index in [2.05, 4.69) is 27.2 Å². The number of hydrogen-bond acceptors (Lipinski definition) is 9. The molecule has 5 atom stereocenters. The zero-order valence-corrected chi connectivity index (χ0v) is 28.8. The van der Waals surface area contributed by atoms with Crippen molar-refractivity contribution in [2.45, 2.75) is 82.0 Å². The number of allylic oxidation sites excluding steroid dienone is 2. The number of nitrogens with two attached hydrogens (primary N) is 1. The zero-order chi connectivity index (χ0) is 34.3. The first-order valence-corrected chi connectivity index (χ1v) is 19.1. The van der Waals surface area contributed by atoms with E-state index in [0.29, 0.717) is 44.3 Å². The van der Waals surface area contributed by atoms with Crippen molar-refractivity contribution >= 4 is 50.9 Å². The summed E-state index contributed by atoms with van der Waals surface area (Å²) in [6.07, 6.45) is 11.5. The molecule has 1 aromatic carbocycles. The van der Waals surface area contributed by atoms with Gasteiger partial charge < -0.3 is 15.4 Å². The maximum Gasteiger partial charge on any atom is 0.411 e. The highest BCUT2D eigenvalue weighted by Gasteiger charge is 2.41. The molecular weight excluding hydrogens is 655 g/mol. The molecular formula is C34H45N5O7S2. The number of benzene rings is 1. The monoisotopic (exact) mass is 699 g/mol. The number of rotatable bonds is 15. The molecule has 1 unspecified atom stereocenters. The van der Waals surface area contributed by atoms with E-state index >= 15 is 0 Å². The molecule has 48 heavy (non-hydrogen) atoms. The summed E-state index contributed by atoms with van der Waals surface area (Å²) in [5.74, 6) is -1.83. The number of carbonyl (C=O) groups is 4. The van der Waals surface area contributed by atoms with Crippen LogP contribution in [-0.2, 0) is 29.1 Å². The zero-order valence-electron chi connectivity index (χ0n) is 27.2. The Morgan fingerprint density at radius 2 is 1.88 bits per heavy atom. The fourth-order valence-electron chi connectivity index (χ4n) is 6.69. The van der Waals surface area contributed by atoms with Crippen LogP contribution in [0.25, 0.3) is 10.6 Å². The van der Waals surface area contributed by atoms with Gasteiger partial charge >= 0.3 is 6.09 Å². The van der Waals surface area contributed by atoms with Crippen LogP contribution >= 0.6 is 11.3 Å². The number of unbranched alkanes of at least 4 members (excludes halogenated alkanes) is 2. The van der Waals surface area contributed by atoms with Crippen molar-refractivity contribution in [1.29, 1.82) is 0 Å². The molecule has 3 aliphatic rings. The third kappa shape index (κ3) is 9.65. The lowest BCUT2D eigenvalue weighted by molar-refractivity contribution is -0.132. The first-order valence-electron chi connectivity index (χ1n) is 16.7. The first kappa shape index (κ1) is 35.5. The number of carbonyl (C=O) groups excluding carboxylic acids is 4. The van der Waals surface area contributed by atoms with Crippen LogP contribution in [0.3, 0.4) is 0 Å². The van der Waals surface area contributed by atoms with E-state index in [1.165, 1.54) is 11.3 Å². The van der Waals surface area contributed by atoms with E-state index in [1.54, 1.807) is 24.2 Å². The summed E-state index contributed by atoms with van der Waals surface area (Å²) in [5, 5.41) is 5.01. The molecule has 0 spiro atoms. The number of primary amides is 1. The van der Waals surface area contributed by atoms with Crippen LogP contribution < -0.4 is 15.8 Å². The van der Waals surface area contributed by atoms with Crippen LogP contribution in [-0.4, -0.2) is 67.1 Å². The van der Waals surface area contributed by atoms with Gasteiger partial charge in [-0.2, -0.15) is 0 Å². The highest BCUT2D eigenvalue weighted by atomic mass is 32.2.